The number of sulfonamides is 1. The van der Waals surface area contributed by atoms with Crippen LogP contribution in [0.1, 0.15) is 58.7 Å². The van der Waals surface area contributed by atoms with Gasteiger partial charge in [-0.3, -0.25) is 4.57 Å². The molecule has 366 valence electrons. The minimum atomic E-state index is -3.73. The molecule has 1 fully saturated rings. The van der Waals surface area contributed by atoms with Gasteiger partial charge in [0.05, 0.1) is 41.0 Å². The average Bonchev–Trinajstić information content (AvgIpc) is 3.99. The third-order valence-corrected chi connectivity index (χ3v) is 16.8. The lowest BCUT2D eigenvalue weighted by molar-refractivity contribution is -0.138. The lowest BCUT2D eigenvalue weighted by Gasteiger charge is -2.23. The summed E-state index contributed by atoms with van der Waals surface area (Å²) in [7, 11) is -3.57. The molecule has 20 heteroatoms. The standard InChI is InChI=1S/C49H58FN7O8S3Si/c1-33-17-20-37(21-18-33)68(60,61)55(5)24-11-13-35-19-22-40(38(50)30-35)63-26-12-16-42-44(46(58)59)51-47(67-42)56(25-23-36-31-64-49(3,4)65-36)43-29-34(2)45(54-53-43)52-48-57(32-62-27-28-69(6,7)8)39-14-9-10-15-41(39)66-48/h9-10,14-15,17-22,29-30,36H,12,16,23-28,31-32H2,1-8H3,(H,58,59)/b52-48-. The van der Waals surface area contributed by atoms with Crippen molar-refractivity contribution in [2.75, 3.05) is 44.9 Å². The number of aryl methyl sites for hydroxylation is 3. The summed E-state index contributed by atoms with van der Waals surface area (Å²) in [5, 5.41) is 19.9. The van der Waals surface area contributed by atoms with Crippen molar-refractivity contribution < 1.29 is 41.7 Å². The molecule has 3 aromatic carbocycles. The number of anilines is 2. The zero-order chi connectivity index (χ0) is 49.5. The Labute approximate surface area is 411 Å². The molecule has 0 amide bonds. The fourth-order valence-corrected chi connectivity index (χ4v) is 11.2. The number of aromatic carboxylic acids is 1. The largest absolute Gasteiger partial charge is 0.491 e. The van der Waals surface area contributed by atoms with Crippen LogP contribution in [-0.2, 0) is 37.4 Å². The molecule has 0 spiro atoms. The van der Waals surface area contributed by atoms with Gasteiger partial charge in [-0.1, -0.05) is 72.6 Å². The Balaban J connectivity index is 1.05. The number of thiazole rings is 2. The lowest BCUT2D eigenvalue weighted by Crippen LogP contribution is -2.27. The van der Waals surface area contributed by atoms with E-state index in [4.69, 9.17) is 23.9 Å². The number of carboxylic acid groups (broad SMARTS) is 1. The van der Waals surface area contributed by atoms with Crippen molar-refractivity contribution in [3.05, 3.63) is 111 Å². The quantitative estimate of drug-likeness (QED) is 0.0437. The highest BCUT2D eigenvalue weighted by Crippen LogP contribution is 2.35. The molecule has 3 aromatic heterocycles. The van der Waals surface area contributed by atoms with Crippen LogP contribution >= 0.6 is 22.7 Å². The van der Waals surface area contributed by atoms with E-state index in [0.29, 0.717) is 73.0 Å². The highest BCUT2D eigenvalue weighted by Gasteiger charge is 2.33. The topological polar surface area (TPSA) is 171 Å². The summed E-state index contributed by atoms with van der Waals surface area (Å²) < 4.78 is 69.1. The molecule has 0 saturated carbocycles. The summed E-state index contributed by atoms with van der Waals surface area (Å²) in [5.74, 6) is 3.99. The molecule has 1 saturated heterocycles. The number of aromatic nitrogens is 4. The van der Waals surface area contributed by atoms with Crippen LogP contribution in [-0.4, -0.2) is 103 Å². The Bertz CT molecular complexity index is 3030. The van der Waals surface area contributed by atoms with Crippen molar-refractivity contribution in [3.63, 3.8) is 0 Å². The predicted octanol–water partition coefficient (Wildman–Crippen LogP) is 9.31. The second-order valence-electron chi connectivity index (χ2n) is 18.4. The molecule has 0 aliphatic carbocycles. The van der Waals surface area contributed by atoms with Crippen molar-refractivity contribution >= 4 is 73.7 Å². The van der Waals surface area contributed by atoms with Crippen LogP contribution in [0.25, 0.3) is 10.2 Å². The summed E-state index contributed by atoms with van der Waals surface area (Å²) in [6, 6.07) is 21.9. The zero-order valence-corrected chi connectivity index (χ0v) is 43.6. The number of benzene rings is 3. The van der Waals surface area contributed by atoms with E-state index in [1.807, 2.05) is 50.8 Å². The zero-order valence-electron chi connectivity index (χ0n) is 40.1. The van der Waals surface area contributed by atoms with Gasteiger partial charge >= 0.3 is 5.97 Å². The molecule has 69 heavy (non-hydrogen) atoms. The first-order valence-corrected chi connectivity index (χ1v) is 29.4. The van der Waals surface area contributed by atoms with Crippen LogP contribution in [0.3, 0.4) is 0 Å². The first-order valence-electron chi connectivity index (χ1n) is 22.6. The molecule has 0 bridgehead atoms. The number of carboxylic acids is 1. The molecule has 0 radical (unpaired) electrons. The van der Waals surface area contributed by atoms with Gasteiger partial charge in [0.2, 0.25) is 10.0 Å². The van der Waals surface area contributed by atoms with Crippen molar-refractivity contribution in [2.24, 2.45) is 4.99 Å². The number of hydrogen-bond acceptors (Lipinski definition) is 14. The minimum absolute atomic E-state index is 0.00706. The summed E-state index contributed by atoms with van der Waals surface area (Å²) in [6.45, 7) is 16.3. The van der Waals surface area contributed by atoms with Crippen LogP contribution in [0.5, 0.6) is 5.75 Å². The highest BCUT2D eigenvalue weighted by molar-refractivity contribution is 7.89. The van der Waals surface area contributed by atoms with Crippen LogP contribution in [0.4, 0.5) is 21.2 Å². The molecule has 1 atom stereocenters. The molecular formula is C49H58FN7O8S3Si. The summed E-state index contributed by atoms with van der Waals surface area (Å²) in [5.41, 5.74) is 2.98. The smallest absolute Gasteiger partial charge is 0.355 e. The second kappa shape index (κ2) is 22.1. The van der Waals surface area contributed by atoms with Gasteiger partial charge in [0.15, 0.2) is 44.6 Å². The van der Waals surface area contributed by atoms with Crippen LogP contribution in [0.2, 0.25) is 25.7 Å². The first kappa shape index (κ1) is 51.5. The van der Waals surface area contributed by atoms with Gasteiger partial charge in [-0.25, -0.2) is 22.6 Å². The van der Waals surface area contributed by atoms with E-state index in [1.54, 1.807) is 41.7 Å². The van der Waals surface area contributed by atoms with E-state index >= 15 is 4.39 Å². The molecule has 1 aliphatic rings. The Kier molecular flexibility index (Phi) is 16.5. The Morgan fingerprint density at radius 3 is 2.52 bits per heavy atom. The molecular weight excluding hydrogens is 958 g/mol. The second-order valence-corrected chi connectivity index (χ2v) is 28.1. The summed E-state index contributed by atoms with van der Waals surface area (Å²) in [6.07, 6.45) is 0.978. The summed E-state index contributed by atoms with van der Waals surface area (Å²) >= 11 is 2.78. The SMILES string of the molecule is Cc1ccc(S(=O)(=O)N(C)CC#Cc2ccc(OCCCc3sc(N(CCC4COC(C)(C)O4)c4cc(C)c(/N=c5\sc6ccccc6n5COCC[Si](C)(C)C)nn4)nc3C(=O)O)c(F)c2)cc1. The first-order chi connectivity index (χ1) is 32.8. The van der Waals surface area contributed by atoms with Crippen LogP contribution < -0.4 is 14.4 Å². The molecule has 1 aliphatic heterocycles. The number of carbonyl (C=O) groups is 1. The van der Waals surface area contributed by atoms with Gasteiger partial charge < -0.3 is 29.0 Å². The lowest BCUT2D eigenvalue weighted by atomic mass is 10.2. The fraction of sp³-hybridized carbons (Fsp3) is 0.408. The molecule has 1 unspecified atom stereocenters. The van der Waals surface area contributed by atoms with Gasteiger partial charge in [0, 0.05) is 38.7 Å². The predicted molar refractivity (Wildman–Crippen MR) is 270 cm³/mol. The van der Waals surface area contributed by atoms with Gasteiger partial charge in [0.25, 0.3) is 0 Å². The van der Waals surface area contributed by atoms with Gasteiger partial charge in [-0.2, -0.15) is 9.30 Å². The van der Waals surface area contributed by atoms with Crippen molar-refractivity contribution in [3.8, 4) is 17.6 Å². The number of ether oxygens (including phenoxy) is 4. The van der Waals surface area contributed by atoms with E-state index in [2.05, 4.69) is 63.4 Å². The normalized spacial score (nSPS) is 15.2. The van der Waals surface area contributed by atoms with Gasteiger partial charge in [0.1, 0.15) is 6.73 Å². The van der Waals surface area contributed by atoms with Crippen LogP contribution in [0, 0.1) is 31.5 Å². The van der Waals surface area contributed by atoms with E-state index in [9.17, 15) is 18.3 Å². The number of rotatable bonds is 20. The molecule has 1 N–H and O–H groups in total. The van der Waals surface area contributed by atoms with E-state index in [1.165, 1.54) is 30.5 Å². The number of halogens is 1. The molecule has 15 nitrogen and oxygen atoms in total. The number of fused-ring (bicyclic) bond motifs is 1. The van der Waals surface area contributed by atoms with E-state index < -0.39 is 35.7 Å². The number of nitrogens with zero attached hydrogens (tertiary/aromatic N) is 7. The maximum Gasteiger partial charge on any atom is 0.355 e. The van der Waals surface area contributed by atoms with E-state index in [-0.39, 0.29) is 35.6 Å². The fourth-order valence-electron chi connectivity index (χ4n) is 7.18. The van der Waals surface area contributed by atoms with Crippen molar-refractivity contribution in [1.29, 1.82) is 0 Å². The monoisotopic (exact) mass is 1020 g/mol. The number of hydrogen-bond donors (Lipinski definition) is 1. The third kappa shape index (κ3) is 13.5. The number of para-hydroxylation sites is 1. The Hall–Kier alpha value is -5.37. The average molecular weight is 1020 g/mol. The van der Waals surface area contributed by atoms with Crippen molar-refractivity contribution in [1.82, 2.24) is 24.1 Å². The third-order valence-electron chi connectivity index (χ3n) is 11.1. The molecule has 4 heterocycles. The van der Waals surface area contributed by atoms with Gasteiger partial charge in [-0.15, -0.1) is 21.5 Å². The highest BCUT2D eigenvalue weighted by atomic mass is 32.2. The molecule has 7 rings (SSSR count). The van der Waals surface area contributed by atoms with Gasteiger partial charge in [-0.05, 0) is 107 Å². The summed E-state index contributed by atoms with van der Waals surface area (Å²) in [4.78, 5) is 25.5. The van der Waals surface area contributed by atoms with Crippen molar-refractivity contribution in [2.45, 2.75) is 96.2 Å². The van der Waals surface area contributed by atoms with E-state index in [0.717, 1.165) is 36.5 Å². The Morgan fingerprint density at radius 2 is 1.83 bits per heavy atom. The maximum absolute atomic E-state index is 15.2. The van der Waals surface area contributed by atoms with Crippen LogP contribution in [0.15, 0.2) is 82.7 Å². The minimum Gasteiger partial charge on any atom is -0.491 e. The maximum atomic E-state index is 15.2. The molecule has 6 aromatic rings. The Morgan fingerprint density at radius 1 is 1.06 bits per heavy atom.